The Bertz CT molecular complexity index is 732. The Morgan fingerprint density at radius 3 is 2.60 bits per heavy atom. The molecule has 3 aromatic rings. The lowest BCUT2D eigenvalue weighted by Crippen LogP contribution is -1.98. The van der Waals surface area contributed by atoms with E-state index in [1.807, 2.05) is 49.1 Å². The normalized spacial score (nSPS) is 10.8. The average molecular weight is 306 g/mol. The van der Waals surface area contributed by atoms with Crippen LogP contribution in [0.3, 0.4) is 0 Å². The second kappa shape index (κ2) is 5.22. The number of nitrogens with zero attached hydrogens (tertiary/aromatic N) is 4. The molecule has 0 aliphatic heterocycles. The largest absolute Gasteiger partial charge is 0.363 e. The van der Waals surface area contributed by atoms with Gasteiger partial charge in [0.25, 0.3) is 0 Å². The monoisotopic (exact) mass is 305 g/mol. The molecule has 20 heavy (non-hydrogen) atoms. The quantitative estimate of drug-likeness (QED) is 0.806. The fraction of sp³-hybridized carbons (Fsp3) is 0.154. The summed E-state index contributed by atoms with van der Waals surface area (Å²) in [7, 11) is 1.83. The molecular formula is C13H12ClN5S. The maximum Gasteiger partial charge on any atom is 0.205 e. The van der Waals surface area contributed by atoms with E-state index in [1.54, 1.807) is 0 Å². The van der Waals surface area contributed by atoms with Crippen LogP contribution in [-0.4, -0.2) is 27.0 Å². The van der Waals surface area contributed by atoms with Gasteiger partial charge in [0.2, 0.25) is 5.13 Å². The summed E-state index contributed by atoms with van der Waals surface area (Å²) in [6, 6.07) is 7.57. The van der Waals surface area contributed by atoms with Gasteiger partial charge in [0.1, 0.15) is 0 Å². The molecule has 0 radical (unpaired) electrons. The van der Waals surface area contributed by atoms with E-state index in [9.17, 15) is 0 Å². The van der Waals surface area contributed by atoms with E-state index in [-0.39, 0.29) is 0 Å². The van der Waals surface area contributed by atoms with Crippen LogP contribution in [0, 0.1) is 6.92 Å². The first-order valence-corrected chi connectivity index (χ1v) is 7.20. The van der Waals surface area contributed by atoms with Gasteiger partial charge in [-0.15, -0.1) is 10.2 Å². The summed E-state index contributed by atoms with van der Waals surface area (Å²) >= 11 is 7.41. The van der Waals surface area contributed by atoms with Crippen LogP contribution in [0.15, 0.2) is 30.5 Å². The van der Waals surface area contributed by atoms with Gasteiger partial charge in [0, 0.05) is 12.1 Å². The fourth-order valence-corrected chi connectivity index (χ4v) is 2.78. The molecule has 0 amide bonds. The zero-order valence-electron chi connectivity index (χ0n) is 11.0. The first kappa shape index (κ1) is 13.1. The van der Waals surface area contributed by atoms with Crippen LogP contribution in [0.2, 0.25) is 5.02 Å². The second-order valence-corrected chi connectivity index (χ2v) is 5.61. The van der Waals surface area contributed by atoms with Gasteiger partial charge in [0.15, 0.2) is 5.01 Å². The number of nitrogens with one attached hydrogen (secondary N) is 1. The van der Waals surface area contributed by atoms with E-state index in [1.165, 1.54) is 11.3 Å². The molecule has 5 nitrogen and oxygen atoms in total. The summed E-state index contributed by atoms with van der Waals surface area (Å²) in [5, 5.41) is 18.0. The molecule has 0 unspecified atom stereocenters. The van der Waals surface area contributed by atoms with Gasteiger partial charge in [-0.25, -0.2) is 4.68 Å². The Morgan fingerprint density at radius 1 is 1.20 bits per heavy atom. The van der Waals surface area contributed by atoms with Crippen molar-refractivity contribution in [3.63, 3.8) is 0 Å². The second-order valence-electron chi connectivity index (χ2n) is 4.19. The molecule has 102 valence electrons. The maximum atomic E-state index is 5.91. The molecule has 0 saturated heterocycles. The molecule has 1 N–H and O–H groups in total. The van der Waals surface area contributed by atoms with Crippen LogP contribution in [0.4, 0.5) is 5.13 Å². The minimum absolute atomic E-state index is 0.710. The SMILES string of the molecule is CNc1nnc(-c2cnn(-c3ccc(Cl)cc3)c2C)s1. The van der Waals surface area contributed by atoms with Crippen LogP contribution < -0.4 is 5.32 Å². The molecule has 3 rings (SSSR count). The van der Waals surface area contributed by atoms with Crippen molar-refractivity contribution in [2.75, 3.05) is 12.4 Å². The summed E-state index contributed by atoms with van der Waals surface area (Å²) in [6.07, 6.45) is 1.81. The minimum atomic E-state index is 0.710. The highest BCUT2D eigenvalue weighted by atomic mass is 35.5. The molecule has 0 aliphatic rings. The Kier molecular flexibility index (Phi) is 3.42. The smallest absolute Gasteiger partial charge is 0.205 e. The van der Waals surface area contributed by atoms with Gasteiger partial charge < -0.3 is 5.32 Å². The molecular weight excluding hydrogens is 294 g/mol. The number of anilines is 1. The van der Waals surface area contributed by atoms with Crippen LogP contribution >= 0.6 is 22.9 Å². The van der Waals surface area contributed by atoms with Crippen molar-refractivity contribution in [2.45, 2.75) is 6.92 Å². The lowest BCUT2D eigenvalue weighted by atomic mass is 10.2. The predicted octanol–water partition coefficient (Wildman–Crippen LogP) is 3.39. The van der Waals surface area contributed by atoms with Crippen molar-refractivity contribution >= 4 is 28.1 Å². The van der Waals surface area contributed by atoms with Gasteiger partial charge >= 0.3 is 0 Å². The Labute approximate surface area is 125 Å². The van der Waals surface area contributed by atoms with Crippen molar-refractivity contribution in [2.24, 2.45) is 0 Å². The van der Waals surface area contributed by atoms with Crippen LogP contribution in [0.25, 0.3) is 16.3 Å². The Balaban J connectivity index is 2.02. The van der Waals surface area contributed by atoms with Gasteiger partial charge in [-0.05, 0) is 31.2 Å². The maximum absolute atomic E-state index is 5.91. The van der Waals surface area contributed by atoms with Crippen molar-refractivity contribution in [3.8, 4) is 16.3 Å². The zero-order valence-corrected chi connectivity index (χ0v) is 12.5. The lowest BCUT2D eigenvalue weighted by Gasteiger charge is -2.04. The summed E-state index contributed by atoms with van der Waals surface area (Å²) in [5.41, 5.74) is 2.97. The van der Waals surface area contributed by atoms with Crippen molar-refractivity contribution in [3.05, 3.63) is 41.2 Å². The first-order valence-electron chi connectivity index (χ1n) is 6.01. The summed E-state index contributed by atoms with van der Waals surface area (Å²) in [6.45, 7) is 2.01. The van der Waals surface area contributed by atoms with Gasteiger partial charge in [-0.1, -0.05) is 22.9 Å². The number of halogens is 1. The van der Waals surface area contributed by atoms with Gasteiger partial charge in [-0.3, -0.25) is 0 Å². The molecule has 0 saturated carbocycles. The zero-order chi connectivity index (χ0) is 14.1. The van der Waals surface area contributed by atoms with Crippen molar-refractivity contribution in [1.82, 2.24) is 20.0 Å². The van der Waals surface area contributed by atoms with Crippen molar-refractivity contribution < 1.29 is 0 Å². The number of hydrogen-bond donors (Lipinski definition) is 1. The standard InChI is InChI=1S/C13H12ClN5S/c1-8-11(12-17-18-13(15-2)20-12)7-16-19(8)10-5-3-9(14)4-6-10/h3-7H,1-2H3,(H,15,18). The van der Waals surface area contributed by atoms with Crippen molar-refractivity contribution in [1.29, 1.82) is 0 Å². The van der Waals surface area contributed by atoms with Crippen LogP contribution in [-0.2, 0) is 0 Å². The third-order valence-electron chi connectivity index (χ3n) is 2.95. The third kappa shape index (κ3) is 2.28. The third-order valence-corrected chi connectivity index (χ3v) is 4.18. The van der Waals surface area contributed by atoms with E-state index in [0.717, 1.165) is 27.1 Å². The highest BCUT2D eigenvalue weighted by Crippen LogP contribution is 2.29. The highest BCUT2D eigenvalue weighted by molar-refractivity contribution is 7.18. The first-order chi connectivity index (χ1) is 9.69. The highest BCUT2D eigenvalue weighted by Gasteiger charge is 2.14. The average Bonchev–Trinajstić information content (AvgIpc) is 3.06. The summed E-state index contributed by atoms with van der Waals surface area (Å²) < 4.78 is 1.87. The molecule has 1 aromatic carbocycles. The number of benzene rings is 1. The number of aromatic nitrogens is 4. The van der Waals surface area contributed by atoms with E-state index >= 15 is 0 Å². The topological polar surface area (TPSA) is 55.6 Å². The van der Waals surface area contributed by atoms with E-state index < -0.39 is 0 Å². The molecule has 0 bridgehead atoms. The molecule has 7 heteroatoms. The van der Waals surface area contributed by atoms with E-state index in [4.69, 9.17) is 11.6 Å². The molecule has 0 atom stereocenters. The number of rotatable bonds is 3. The fourth-order valence-electron chi connectivity index (χ4n) is 1.90. The Morgan fingerprint density at radius 2 is 1.95 bits per heavy atom. The van der Waals surface area contributed by atoms with Gasteiger partial charge in [0.05, 0.1) is 23.1 Å². The van der Waals surface area contributed by atoms with E-state index in [0.29, 0.717) is 5.02 Å². The van der Waals surface area contributed by atoms with E-state index in [2.05, 4.69) is 20.6 Å². The molecule has 0 spiro atoms. The molecule has 0 aliphatic carbocycles. The van der Waals surface area contributed by atoms with Gasteiger partial charge in [-0.2, -0.15) is 5.10 Å². The minimum Gasteiger partial charge on any atom is -0.363 e. The van der Waals surface area contributed by atoms with Crippen LogP contribution in [0.1, 0.15) is 5.69 Å². The Hall–Kier alpha value is -1.92. The molecule has 0 fully saturated rings. The molecule has 2 aromatic heterocycles. The van der Waals surface area contributed by atoms with Crippen LogP contribution in [0.5, 0.6) is 0 Å². The predicted molar refractivity (Wildman–Crippen MR) is 81.8 cm³/mol. The number of hydrogen-bond acceptors (Lipinski definition) is 5. The summed E-state index contributed by atoms with van der Waals surface area (Å²) in [5.74, 6) is 0. The summed E-state index contributed by atoms with van der Waals surface area (Å²) in [4.78, 5) is 0. The molecule has 2 heterocycles. The lowest BCUT2D eigenvalue weighted by molar-refractivity contribution is 0.847.